The molecule has 1 saturated heterocycles. The first kappa shape index (κ1) is 15.9. The van der Waals surface area contributed by atoms with Crippen LogP contribution in [0.15, 0.2) is 22.7 Å². The van der Waals surface area contributed by atoms with Crippen molar-refractivity contribution in [3.8, 4) is 0 Å². The van der Waals surface area contributed by atoms with Gasteiger partial charge in [0.25, 0.3) is 0 Å². The van der Waals surface area contributed by atoms with Crippen molar-refractivity contribution in [2.24, 2.45) is 5.84 Å². The Balaban J connectivity index is 1.86. The van der Waals surface area contributed by atoms with Gasteiger partial charge in [-0.25, -0.2) is 4.39 Å². The lowest BCUT2D eigenvalue weighted by molar-refractivity contribution is 0.00858. The van der Waals surface area contributed by atoms with E-state index in [1.54, 1.807) is 6.07 Å². The largest absolute Gasteiger partial charge is 0.378 e. The molecule has 0 bridgehead atoms. The van der Waals surface area contributed by atoms with Gasteiger partial charge in [-0.05, 0) is 66.1 Å². The zero-order chi connectivity index (χ0) is 14.4. The maximum atomic E-state index is 13.5. The van der Waals surface area contributed by atoms with Gasteiger partial charge in [-0.15, -0.1) is 0 Å². The maximum Gasteiger partial charge on any atom is 0.137 e. The lowest BCUT2D eigenvalue weighted by Crippen LogP contribution is -2.37. The van der Waals surface area contributed by atoms with Gasteiger partial charge in [-0.3, -0.25) is 11.3 Å². The fourth-order valence-corrected chi connectivity index (χ4v) is 3.06. The van der Waals surface area contributed by atoms with E-state index >= 15 is 0 Å². The number of hydrogen-bond donors (Lipinski definition) is 2. The molecular weight excluding hydrogens is 323 g/mol. The Morgan fingerprint density at radius 3 is 3.00 bits per heavy atom. The van der Waals surface area contributed by atoms with Crippen LogP contribution in [0.1, 0.15) is 37.7 Å². The number of nitrogens with one attached hydrogen (secondary N) is 1. The second kappa shape index (κ2) is 8.08. The molecule has 2 unspecified atom stereocenters. The van der Waals surface area contributed by atoms with E-state index in [9.17, 15) is 4.39 Å². The molecule has 1 aliphatic rings. The summed E-state index contributed by atoms with van der Waals surface area (Å²) in [6, 6.07) is 5.24. The van der Waals surface area contributed by atoms with E-state index in [4.69, 9.17) is 10.6 Å². The van der Waals surface area contributed by atoms with Crippen molar-refractivity contribution >= 4 is 15.9 Å². The average molecular weight is 345 g/mol. The lowest BCUT2D eigenvalue weighted by atomic mass is 9.98. The Kier molecular flexibility index (Phi) is 6.42. The van der Waals surface area contributed by atoms with E-state index in [0.29, 0.717) is 17.0 Å². The Morgan fingerprint density at radius 2 is 2.30 bits per heavy atom. The van der Waals surface area contributed by atoms with Crippen molar-refractivity contribution in [1.82, 2.24) is 5.43 Å². The molecule has 0 radical (unpaired) electrons. The molecule has 1 aromatic rings. The van der Waals surface area contributed by atoms with Crippen molar-refractivity contribution in [3.05, 3.63) is 34.1 Å². The summed E-state index contributed by atoms with van der Waals surface area (Å²) in [6.45, 7) is 0.876. The molecule has 20 heavy (non-hydrogen) atoms. The molecule has 1 aromatic carbocycles. The summed E-state index contributed by atoms with van der Waals surface area (Å²) in [4.78, 5) is 0. The molecule has 0 aliphatic carbocycles. The van der Waals surface area contributed by atoms with Gasteiger partial charge < -0.3 is 4.74 Å². The number of rotatable bonds is 6. The third-order valence-corrected chi connectivity index (χ3v) is 4.73. The Hall–Kier alpha value is -0.490. The van der Waals surface area contributed by atoms with Gasteiger partial charge in [-0.2, -0.15) is 0 Å². The Bertz CT molecular complexity index is 424. The second-order valence-electron chi connectivity index (χ2n) is 5.35. The van der Waals surface area contributed by atoms with Crippen molar-refractivity contribution in [3.63, 3.8) is 0 Å². The van der Waals surface area contributed by atoms with Gasteiger partial charge in [0.2, 0.25) is 0 Å². The standard InChI is InChI=1S/C15H22BrFN2O/c16-15-11(4-3-6-14(15)17)10-12(19-18)7-8-13-5-1-2-9-20-13/h3-4,6,12-13,19H,1-2,5,7-10,18H2. The van der Waals surface area contributed by atoms with E-state index in [1.165, 1.54) is 18.9 Å². The Morgan fingerprint density at radius 1 is 1.45 bits per heavy atom. The summed E-state index contributed by atoms with van der Waals surface area (Å²) in [5, 5.41) is 0. The molecule has 3 N–H and O–H groups in total. The molecule has 2 rings (SSSR count). The molecule has 2 atom stereocenters. The van der Waals surface area contributed by atoms with Crippen LogP contribution in [0.25, 0.3) is 0 Å². The van der Waals surface area contributed by atoms with E-state index in [0.717, 1.165) is 31.4 Å². The molecule has 0 aromatic heterocycles. The van der Waals surface area contributed by atoms with Crippen LogP contribution in [0.5, 0.6) is 0 Å². The summed E-state index contributed by atoms with van der Waals surface area (Å²) in [7, 11) is 0. The first-order valence-electron chi connectivity index (χ1n) is 7.21. The van der Waals surface area contributed by atoms with Crippen LogP contribution in [0.2, 0.25) is 0 Å². The molecule has 1 heterocycles. The zero-order valence-electron chi connectivity index (χ0n) is 11.6. The van der Waals surface area contributed by atoms with E-state index in [1.807, 2.05) is 6.07 Å². The SMILES string of the molecule is NNC(CCC1CCCCO1)Cc1cccc(F)c1Br. The van der Waals surface area contributed by atoms with E-state index in [2.05, 4.69) is 21.4 Å². The number of hydrogen-bond acceptors (Lipinski definition) is 3. The van der Waals surface area contributed by atoms with Gasteiger partial charge in [0.05, 0.1) is 10.6 Å². The van der Waals surface area contributed by atoms with Crippen molar-refractivity contribution in [2.75, 3.05) is 6.61 Å². The van der Waals surface area contributed by atoms with Crippen LogP contribution < -0.4 is 11.3 Å². The third kappa shape index (κ3) is 4.52. The van der Waals surface area contributed by atoms with E-state index < -0.39 is 0 Å². The summed E-state index contributed by atoms with van der Waals surface area (Å²) < 4.78 is 19.8. The average Bonchev–Trinajstić information content (AvgIpc) is 2.49. The maximum absolute atomic E-state index is 13.5. The number of halogens is 2. The topological polar surface area (TPSA) is 47.3 Å². The molecule has 0 saturated carbocycles. The van der Waals surface area contributed by atoms with Crippen LogP contribution in [-0.2, 0) is 11.2 Å². The summed E-state index contributed by atoms with van der Waals surface area (Å²) in [5.74, 6) is 5.40. The molecule has 0 spiro atoms. The van der Waals surface area contributed by atoms with Gasteiger partial charge in [-0.1, -0.05) is 12.1 Å². The third-order valence-electron chi connectivity index (χ3n) is 3.84. The highest BCUT2D eigenvalue weighted by molar-refractivity contribution is 9.10. The van der Waals surface area contributed by atoms with Crippen LogP contribution in [-0.4, -0.2) is 18.8 Å². The minimum absolute atomic E-state index is 0.138. The molecule has 112 valence electrons. The molecular formula is C15H22BrFN2O. The first-order valence-corrected chi connectivity index (χ1v) is 8.00. The highest BCUT2D eigenvalue weighted by Gasteiger charge is 2.17. The first-order chi connectivity index (χ1) is 9.70. The summed E-state index contributed by atoms with van der Waals surface area (Å²) in [5.41, 5.74) is 3.78. The number of benzene rings is 1. The molecule has 0 amide bonds. The van der Waals surface area contributed by atoms with Crippen LogP contribution in [0, 0.1) is 5.82 Å². The van der Waals surface area contributed by atoms with E-state index in [-0.39, 0.29) is 11.9 Å². The van der Waals surface area contributed by atoms with Gasteiger partial charge >= 0.3 is 0 Å². The smallest absolute Gasteiger partial charge is 0.137 e. The molecule has 5 heteroatoms. The molecule has 3 nitrogen and oxygen atoms in total. The summed E-state index contributed by atoms with van der Waals surface area (Å²) >= 11 is 3.30. The fraction of sp³-hybridized carbons (Fsp3) is 0.600. The van der Waals surface area contributed by atoms with Gasteiger partial charge in [0, 0.05) is 12.6 Å². The number of hydrazine groups is 1. The number of ether oxygens (including phenoxy) is 1. The second-order valence-corrected chi connectivity index (χ2v) is 6.14. The van der Waals surface area contributed by atoms with Crippen LogP contribution in [0.4, 0.5) is 4.39 Å². The zero-order valence-corrected chi connectivity index (χ0v) is 13.2. The van der Waals surface area contributed by atoms with Gasteiger partial charge in [0.1, 0.15) is 5.82 Å². The van der Waals surface area contributed by atoms with Gasteiger partial charge in [0.15, 0.2) is 0 Å². The normalized spacial score (nSPS) is 20.9. The lowest BCUT2D eigenvalue weighted by Gasteiger charge is -2.25. The van der Waals surface area contributed by atoms with Crippen LogP contribution >= 0.6 is 15.9 Å². The highest BCUT2D eigenvalue weighted by atomic mass is 79.9. The predicted molar refractivity (Wildman–Crippen MR) is 81.7 cm³/mol. The van der Waals surface area contributed by atoms with Crippen molar-refractivity contribution in [2.45, 2.75) is 50.7 Å². The quantitative estimate of drug-likeness (QED) is 0.614. The molecule has 1 aliphatic heterocycles. The van der Waals surface area contributed by atoms with Crippen molar-refractivity contribution < 1.29 is 9.13 Å². The minimum Gasteiger partial charge on any atom is -0.378 e. The molecule has 1 fully saturated rings. The number of nitrogens with two attached hydrogens (primary N) is 1. The highest BCUT2D eigenvalue weighted by Crippen LogP contribution is 2.23. The van der Waals surface area contributed by atoms with Crippen LogP contribution in [0.3, 0.4) is 0 Å². The monoisotopic (exact) mass is 344 g/mol. The summed E-state index contributed by atoms with van der Waals surface area (Å²) in [6.07, 6.45) is 6.57. The predicted octanol–water partition coefficient (Wildman–Crippen LogP) is 3.31. The minimum atomic E-state index is -0.228. The van der Waals surface area contributed by atoms with Crippen molar-refractivity contribution in [1.29, 1.82) is 0 Å². The fourth-order valence-electron chi connectivity index (χ4n) is 2.64. The Labute approximate surface area is 128 Å².